The predicted molar refractivity (Wildman–Crippen MR) is 129 cm³/mol. The number of hydrogen-bond donors (Lipinski definition) is 0. The Morgan fingerprint density at radius 3 is 2.22 bits per heavy atom. The summed E-state index contributed by atoms with van der Waals surface area (Å²) in [5, 5.41) is 18.6. The van der Waals surface area contributed by atoms with E-state index in [0.717, 1.165) is 41.7 Å². The first-order valence-electron chi connectivity index (χ1n) is 10.6. The fourth-order valence-corrected chi connectivity index (χ4v) is 4.42. The van der Waals surface area contributed by atoms with E-state index in [1.165, 1.54) is 17.4 Å². The number of nitrogens with zero attached hydrogens (tertiary/aromatic N) is 6. The molecule has 0 fully saturated rings. The molecule has 4 rings (SSSR count). The largest absolute Gasteiger partial charge is 0.420 e. The highest BCUT2D eigenvalue weighted by molar-refractivity contribution is 7.98. The lowest BCUT2D eigenvalue weighted by molar-refractivity contribution is 0.528. The Labute approximate surface area is 196 Å². The smallest absolute Gasteiger partial charge is 0.247 e. The van der Waals surface area contributed by atoms with Crippen molar-refractivity contribution in [1.82, 2.24) is 25.0 Å². The van der Waals surface area contributed by atoms with Gasteiger partial charge in [0.15, 0.2) is 11.0 Å². The van der Waals surface area contributed by atoms with Crippen LogP contribution in [0.3, 0.4) is 0 Å². The monoisotopic (exact) mass is 468 g/mol. The molecule has 0 bridgehead atoms. The average Bonchev–Trinajstić information content (AvgIpc) is 3.46. The summed E-state index contributed by atoms with van der Waals surface area (Å²) in [4.78, 5) is 2.32. The first-order chi connectivity index (χ1) is 15.6. The molecule has 9 heteroatoms. The molecular formula is C23H25ClN6OS. The molecule has 0 saturated carbocycles. The van der Waals surface area contributed by atoms with Gasteiger partial charge in [-0.3, -0.25) is 0 Å². The summed E-state index contributed by atoms with van der Waals surface area (Å²) in [7, 11) is 0. The highest BCUT2D eigenvalue weighted by Crippen LogP contribution is 2.28. The Hall–Kier alpha value is -2.84. The number of benzene rings is 2. The molecule has 32 heavy (non-hydrogen) atoms. The SMILES string of the molecule is CCN(CC)c1ccc(-c2nnc(SCc3nnc(-c4ccc(Cl)cc4)o3)n2CC)cc1. The molecule has 4 aromatic rings. The van der Waals surface area contributed by atoms with Gasteiger partial charge in [0.1, 0.15) is 0 Å². The normalized spacial score (nSPS) is 11.1. The van der Waals surface area contributed by atoms with Crippen LogP contribution in [-0.2, 0) is 12.3 Å². The van der Waals surface area contributed by atoms with Crippen LogP contribution in [0.5, 0.6) is 0 Å². The minimum Gasteiger partial charge on any atom is -0.420 e. The van der Waals surface area contributed by atoms with Crippen LogP contribution in [-0.4, -0.2) is 38.1 Å². The van der Waals surface area contributed by atoms with Crippen LogP contribution in [0.15, 0.2) is 58.1 Å². The van der Waals surface area contributed by atoms with E-state index >= 15 is 0 Å². The molecule has 2 aromatic carbocycles. The second kappa shape index (κ2) is 10.2. The van der Waals surface area contributed by atoms with Gasteiger partial charge in [-0.1, -0.05) is 23.4 Å². The minimum absolute atomic E-state index is 0.475. The van der Waals surface area contributed by atoms with E-state index in [4.69, 9.17) is 16.0 Å². The third-order valence-electron chi connectivity index (χ3n) is 5.17. The zero-order valence-corrected chi connectivity index (χ0v) is 19.9. The van der Waals surface area contributed by atoms with Crippen LogP contribution in [0.2, 0.25) is 5.02 Å². The third-order valence-corrected chi connectivity index (χ3v) is 6.37. The van der Waals surface area contributed by atoms with Crippen molar-refractivity contribution in [2.75, 3.05) is 18.0 Å². The molecule has 0 unspecified atom stereocenters. The molecule has 0 aliphatic heterocycles. The van der Waals surface area contributed by atoms with E-state index in [1.54, 1.807) is 12.1 Å². The van der Waals surface area contributed by atoms with Gasteiger partial charge in [0.05, 0.1) is 5.75 Å². The molecule has 0 atom stereocenters. The second-order valence-corrected chi connectivity index (χ2v) is 8.45. The number of hydrogen-bond acceptors (Lipinski definition) is 7. The van der Waals surface area contributed by atoms with Crippen molar-refractivity contribution in [3.8, 4) is 22.8 Å². The van der Waals surface area contributed by atoms with Crippen molar-refractivity contribution >= 4 is 29.1 Å². The van der Waals surface area contributed by atoms with Crippen LogP contribution in [0.4, 0.5) is 5.69 Å². The van der Waals surface area contributed by atoms with Crippen LogP contribution < -0.4 is 4.90 Å². The van der Waals surface area contributed by atoms with Crippen molar-refractivity contribution in [2.45, 2.75) is 38.2 Å². The Kier molecular flexibility index (Phi) is 7.12. The number of anilines is 1. The summed E-state index contributed by atoms with van der Waals surface area (Å²) in [6, 6.07) is 15.8. The van der Waals surface area contributed by atoms with Crippen molar-refractivity contribution in [3.05, 3.63) is 59.4 Å². The lowest BCUT2D eigenvalue weighted by atomic mass is 10.2. The summed E-state index contributed by atoms with van der Waals surface area (Å²) >= 11 is 7.47. The zero-order valence-electron chi connectivity index (χ0n) is 18.3. The fraction of sp³-hybridized carbons (Fsp3) is 0.304. The van der Waals surface area contributed by atoms with Gasteiger partial charge in [-0.15, -0.1) is 20.4 Å². The molecule has 2 heterocycles. The Balaban J connectivity index is 1.47. The molecule has 0 aliphatic rings. The number of halogens is 1. The van der Waals surface area contributed by atoms with Crippen molar-refractivity contribution in [2.24, 2.45) is 0 Å². The maximum atomic E-state index is 5.94. The zero-order chi connectivity index (χ0) is 22.5. The van der Waals surface area contributed by atoms with E-state index in [2.05, 4.69) is 74.9 Å². The standard InChI is InChI=1S/C23H25ClN6OS/c1-4-29(5-2)19-13-9-16(10-14-19)21-26-28-23(30(21)6-3)32-15-20-25-27-22(31-20)17-7-11-18(24)12-8-17/h7-14H,4-6,15H2,1-3H3. The molecule has 7 nitrogen and oxygen atoms in total. The van der Waals surface area contributed by atoms with Crippen LogP contribution in [0.1, 0.15) is 26.7 Å². The third kappa shape index (κ3) is 4.81. The first-order valence-corrected chi connectivity index (χ1v) is 12.0. The number of rotatable bonds is 9. The maximum absolute atomic E-state index is 5.94. The second-order valence-electron chi connectivity index (χ2n) is 7.07. The van der Waals surface area contributed by atoms with Crippen molar-refractivity contribution in [3.63, 3.8) is 0 Å². The Bertz CT molecular complexity index is 1150. The van der Waals surface area contributed by atoms with Gasteiger partial charge in [0.2, 0.25) is 11.8 Å². The predicted octanol–water partition coefficient (Wildman–Crippen LogP) is 5.81. The van der Waals surface area contributed by atoms with Crippen molar-refractivity contribution in [1.29, 1.82) is 0 Å². The fourth-order valence-electron chi connectivity index (χ4n) is 3.45. The molecular weight excluding hydrogens is 444 g/mol. The van der Waals surface area contributed by atoms with Crippen LogP contribution >= 0.6 is 23.4 Å². The van der Waals surface area contributed by atoms with Gasteiger partial charge in [0.25, 0.3) is 0 Å². The lowest BCUT2D eigenvalue weighted by Gasteiger charge is -2.21. The molecule has 0 amide bonds. The number of thioether (sulfide) groups is 1. The van der Waals surface area contributed by atoms with Gasteiger partial charge in [-0.2, -0.15) is 0 Å². The highest BCUT2D eigenvalue weighted by Gasteiger charge is 2.16. The molecule has 2 aromatic heterocycles. The molecule has 0 spiro atoms. The maximum Gasteiger partial charge on any atom is 0.247 e. The molecule has 0 saturated heterocycles. The highest BCUT2D eigenvalue weighted by atomic mass is 35.5. The average molecular weight is 469 g/mol. The van der Waals surface area contributed by atoms with E-state index in [0.29, 0.717) is 22.6 Å². The minimum atomic E-state index is 0.475. The summed E-state index contributed by atoms with van der Waals surface area (Å²) in [5.41, 5.74) is 3.10. The van der Waals surface area contributed by atoms with E-state index in [9.17, 15) is 0 Å². The van der Waals surface area contributed by atoms with Crippen LogP contribution in [0, 0.1) is 0 Å². The van der Waals surface area contributed by atoms with Gasteiger partial charge >= 0.3 is 0 Å². The van der Waals surface area contributed by atoms with Gasteiger partial charge in [0, 0.05) is 41.5 Å². The van der Waals surface area contributed by atoms with Crippen molar-refractivity contribution < 1.29 is 4.42 Å². The van der Waals surface area contributed by atoms with Gasteiger partial charge < -0.3 is 13.9 Å². The Morgan fingerprint density at radius 1 is 0.875 bits per heavy atom. The summed E-state index contributed by atoms with van der Waals surface area (Å²) in [6.45, 7) is 9.15. The summed E-state index contributed by atoms with van der Waals surface area (Å²) in [5.74, 6) is 2.38. The van der Waals surface area contributed by atoms with Gasteiger partial charge in [-0.05, 0) is 69.3 Å². The first kappa shape index (κ1) is 22.4. The lowest BCUT2D eigenvalue weighted by Crippen LogP contribution is -2.21. The van der Waals surface area contributed by atoms with Gasteiger partial charge in [-0.25, -0.2) is 0 Å². The van der Waals surface area contributed by atoms with E-state index in [-0.39, 0.29) is 0 Å². The van der Waals surface area contributed by atoms with Crippen LogP contribution in [0.25, 0.3) is 22.8 Å². The van der Waals surface area contributed by atoms with E-state index < -0.39 is 0 Å². The topological polar surface area (TPSA) is 72.9 Å². The quantitative estimate of drug-likeness (QED) is 0.287. The van der Waals surface area contributed by atoms with E-state index in [1.807, 2.05) is 12.1 Å². The summed E-state index contributed by atoms with van der Waals surface area (Å²) in [6.07, 6.45) is 0. The molecule has 0 N–H and O–H groups in total. The Morgan fingerprint density at radius 2 is 1.56 bits per heavy atom. The number of aromatic nitrogens is 5. The molecule has 0 aliphatic carbocycles. The molecule has 166 valence electrons. The summed E-state index contributed by atoms with van der Waals surface area (Å²) < 4.78 is 7.91. The molecule has 0 radical (unpaired) electrons.